The molecule has 3 rings (SSSR count). The number of hydrogen-bond donors (Lipinski definition) is 0. The molecular weight excluding hydrogens is 338 g/mol. The Labute approximate surface area is 150 Å². The first-order chi connectivity index (χ1) is 12.1. The van der Waals surface area contributed by atoms with Crippen molar-refractivity contribution in [3.63, 3.8) is 0 Å². The van der Waals surface area contributed by atoms with E-state index in [0.717, 1.165) is 17.3 Å². The van der Waals surface area contributed by atoms with Crippen LogP contribution in [-0.2, 0) is 11.3 Å². The van der Waals surface area contributed by atoms with Crippen LogP contribution in [0.25, 0.3) is 6.08 Å². The van der Waals surface area contributed by atoms with Gasteiger partial charge in [0, 0.05) is 11.6 Å². The predicted octanol–water partition coefficient (Wildman–Crippen LogP) is 3.94. The summed E-state index contributed by atoms with van der Waals surface area (Å²) >= 11 is 0.937. The molecule has 0 radical (unpaired) electrons. The van der Waals surface area contributed by atoms with Crippen LogP contribution in [0.5, 0.6) is 11.5 Å². The number of thioether (sulfide) groups is 1. The molecule has 1 fully saturated rings. The highest BCUT2D eigenvalue weighted by Crippen LogP contribution is 2.35. The first-order valence-electron chi connectivity index (χ1n) is 7.63. The maximum Gasteiger partial charge on any atom is 0.293 e. The second-order valence-electron chi connectivity index (χ2n) is 5.36. The third-order valence-corrected chi connectivity index (χ3v) is 4.69. The van der Waals surface area contributed by atoms with Gasteiger partial charge in [0.05, 0.1) is 25.7 Å². The van der Waals surface area contributed by atoms with Gasteiger partial charge in [0.1, 0.15) is 11.5 Å². The van der Waals surface area contributed by atoms with Gasteiger partial charge in [-0.05, 0) is 35.5 Å². The molecule has 0 aromatic heterocycles. The van der Waals surface area contributed by atoms with Crippen molar-refractivity contribution in [3.8, 4) is 11.5 Å². The Morgan fingerprint density at radius 2 is 1.80 bits per heavy atom. The maximum absolute atomic E-state index is 12.6. The minimum absolute atomic E-state index is 0.266. The van der Waals surface area contributed by atoms with E-state index in [4.69, 9.17) is 9.47 Å². The van der Waals surface area contributed by atoms with E-state index in [1.807, 2.05) is 30.3 Å². The van der Waals surface area contributed by atoms with Gasteiger partial charge >= 0.3 is 0 Å². The van der Waals surface area contributed by atoms with E-state index in [1.165, 1.54) is 4.90 Å². The average molecular weight is 355 g/mol. The van der Waals surface area contributed by atoms with Crippen LogP contribution in [0, 0.1) is 0 Å². The van der Waals surface area contributed by atoms with Crippen molar-refractivity contribution in [3.05, 3.63) is 64.6 Å². The van der Waals surface area contributed by atoms with Crippen molar-refractivity contribution >= 4 is 29.0 Å². The number of ether oxygens (including phenoxy) is 2. The number of methoxy groups -OCH3 is 2. The standard InChI is InChI=1S/C19H17NO4S/c1-23-15-9-8-14(16(11-15)24-2)10-17-18(21)20(19(22)25-17)12-13-6-4-3-5-7-13/h3-11H,12H2,1-2H3/b17-10-. The highest BCUT2D eigenvalue weighted by Gasteiger charge is 2.35. The summed E-state index contributed by atoms with van der Waals surface area (Å²) in [6, 6.07) is 14.7. The highest BCUT2D eigenvalue weighted by atomic mass is 32.2. The van der Waals surface area contributed by atoms with Crippen LogP contribution in [0.15, 0.2) is 53.4 Å². The van der Waals surface area contributed by atoms with Crippen LogP contribution in [0.1, 0.15) is 11.1 Å². The van der Waals surface area contributed by atoms with Gasteiger partial charge < -0.3 is 9.47 Å². The second-order valence-corrected chi connectivity index (χ2v) is 6.35. The smallest absolute Gasteiger partial charge is 0.293 e. The van der Waals surface area contributed by atoms with Gasteiger partial charge in [-0.25, -0.2) is 0 Å². The zero-order chi connectivity index (χ0) is 17.8. The first-order valence-corrected chi connectivity index (χ1v) is 8.45. The van der Waals surface area contributed by atoms with E-state index in [2.05, 4.69) is 0 Å². The van der Waals surface area contributed by atoms with Gasteiger partial charge in [-0.3, -0.25) is 14.5 Å². The highest BCUT2D eigenvalue weighted by molar-refractivity contribution is 8.18. The van der Waals surface area contributed by atoms with Crippen molar-refractivity contribution in [1.82, 2.24) is 4.90 Å². The lowest BCUT2D eigenvalue weighted by atomic mass is 10.1. The molecule has 1 aliphatic heterocycles. The third kappa shape index (κ3) is 3.69. The van der Waals surface area contributed by atoms with Crippen LogP contribution in [0.2, 0.25) is 0 Å². The number of nitrogens with zero attached hydrogens (tertiary/aromatic N) is 1. The number of rotatable bonds is 5. The SMILES string of the molecule is COc1ccc(/C=C2\SC(=O)N(Cc3ccccc3)C2=O)c(OC)c1. The maximum atomic E-state index is 12.6. The molecule has 0 atom stereocenters. The fourth-order valence-corrected chi connectivity index (χ4v) is 3.31. The summed E-state index contributed by atoms with van der Waals surface area (Å²) in [5, 5.41) is -0.271. The molecule has 0 unspecified atom stereocenters. The van der Waals surface area contributed by atoms with Crippen LogP contribution >= 0.6 is 11.8 Å². The molecule has 25 heavy (non-hydrogen) atoms. The fourth-order valence-electron chi connectivity index (χ4n) is 2.48. The molecule has 2 aromatic rings. The Balaban J connectivity index is 1.85. The monoisotopic (exact) mass is 355 g/mol. The molecule has 1 aliphatic rings. The van der Waals surface area contributed by atoms with Gasteiger partial charge in [-0.2, -0.15) is 0 Å². The molecule has 0 saturated carbocycles. The Bertz CT molecular complexity index is 833. The van der Waals surface area contributed by atoms with Gasteiger partial charge in [0.15, 0.2) is 0 Å². The largest absolute Gasteiger partial charge is 0.497 e. The second kappa shape index (κ2) is 7.44. The lowest BCUT2D eigenvalue weighted by Crippen LogP contribution is -2.27. The minimum Gasteiger partial charge on any atom is -0.497 e. The summed E-state index contributed by atoms with van der Waals surface area (Å²) in [4.78, 5) is 26.4. The van der Waals surface area contributed by atoms with Crippen molar-refractivity contribution in [1.29, 1.82) is 0 Å². The van der Waals surface area contributed by atoms with E-state index >= 15 is 0 Å². The lowest BCUT2D eigenvalue weighted by Gasteiger charge is -2.12. The van der Waals surface area contributed by atoms with Crippen LogP contribution in [0.4, 0.5) is 4.79 Å². The Kier molecular flexibility index (Phi) is 5.09. The Hall–Kier alpha value is -2.73. The molecular formula is C19H17NO4S. The van der Waals surface area contributed by atoms with Crippen molar-refractivity contribution in [2.24, 2.45) is 0 Å². The van der Waals surface area contributed by atoms with E-state index in [0.29, 0.717) is 22.0 Å². The number of amides is 2. The zero-order valence-corrected chi connectivity index (χ0v) is 14.7. The average Bonchev–Trinajstić information content (AvgIpc) is 2.90. The summed E-state index contributed by atoms with van der Waals surface area (Å²) < 4.78 is 10.5. The van der Waals surface area contributed by atoms with Gasteiger partial charge in [0.2, 0.25) is 0 Å². The Morgan fingerprint density at radius 3 is 2.48 bits per heavy atom. The third-order valence-electron chi connectivity index (χ3n) is 3.78. The minimum atomic E-state index is -0.295. The molecule has 2 aromatic carbocycles. The van der Waals surface area contributed by atoms with Gasteiger partial charge in [-0.15, -0.1) is 0 Å². The quantitative estimate of drug-likeness (QED) is 0.761. The van der Waals surface area contributed by atoms with E-state index < -0.39 is 0 Å². The molecule has 6 heteroatoms. The van der Waals surface area contributed by atoms with Gasteiger partial charge in [0.25, 0.3) is 11.1 Å². The van der Waals surface area contributed by atoms with Crippen LogP contribution in [0.3, 0.4) is 0 Å². The van der Waals surface area contributed by atoms with Crippen LogP contribution < -0.4 is 9.47 Å². The first kappa shape index (κ1) is 17.1. The molecule has 1 saturated heterocycles. The molecule has 2 amide bonds. The van der Waals surface area contributed by atoms with E-state index in [1.54, 1.807) is 38.5 Å². The number of benzene rings is 2. The van der Waals surface area contributed by atoms with Gasteiger partial charge in [-0.1, -0.05) is 30.3 Å². The number of carbonyl (C=O) groups excluding carboxylic acids is 2. The fraction of sp³-hybridized carbons (Fsp3) is 0.158. The molecule has 5 nitrogen and oxygen atoms in total. The summed E-state index contributed by atoms with van der Waals surface area (Å²) in [5.74, 6) is 0.942. The molecule has 0 N–H and O–H groups in total. The molecule has 0 spiro atoms. The van der Waals surface area contributed by atoms with Crippen molar-refractivity contribution in [2.45, 2.75) is 6.54 Å². The molecule has 0 bridgehead atoms. The Morgan fingerprint density at radius 1 is 1.04 bits per heavy atom. The zero-order valence-electron chi connectivity index (χ0n) is 13.9. The van der Waals surface area contributed by atoms with Crippen molar-refractivity contribution < 1.29 is 19.1 Å². The number of carbonyl (C=O) groups is 2. The molecule has 1 heterocycles. The van der Waals surface area contributed by atoms with E-state index in [-0.39, 0.29) is 17.7 Å². The lowest BCUT2D eigenvalue weighted by molar-refractivity contribution is -0.123. The topological polar surface area (TPSA) is 55.8 Å². The summed E-state index contributed by atoms with van der Waals surface area (Å²) in [5.41, 5.74) is 1.63. The molecule has 0 aliphatic carbocycles. The summed E-state index contributed by atoms with van der Waals surface area (Å²) in [6.45, 7) is 0.266. The van der Waals surface area contributed by atoms with Crippen molar-refractivity contribution in [2.75, 3.05) is 14.2 Å². The van der Waals surface area contributed by atoms with Crippen LogP contribution in [-0.4, -0.2) is 30.3 Å². The number of imide groups is 1. The predicted molar refractivity (Wildman–Crippen MR) is 97.5 cm³/mol. The molecule has 128 valence electrons. The van der Waals surface area contributed by atoms with E-state index in [9.17, 15) is 9.59 Å². The summed E-state index contributed by atoms with van der Waals surface area (Å²) in [6.07, 6.45) is 1.67. The summed E-state index contributed by atoms with van der Waals surface area (Å²) in [7, 11) is 3.12. The normalized spacial score (nSPS) is 15.8. The number of hydrogen-bond acceptors (Lipinski definition) is 5.